The summed E-state index contributed by atoms with van der Waals surface area (Å²) in [5.74, 6) is 0.128. The summed E-state index contributed by atoms with van der Waals surface area (Å²) in [6, 6.07) is 6.33. The summed E-state index contributed by atoms with van der Waals surface area (Å²) < 4.78 is 0. The van der Waals surface area contributed by atoms with Crippen LogP contribution in [0.15, 0.2) is 23.1 Å². The fraction of sp³-hybridized carbons (Fsp3) is 0.562. The Hall–Kier alpha value is -1.16. The molecule has 0 aromatic heterocycles. The molecule has 2 rings (SSSR count). The van der Waals surface area contributed by atoms with Crippen LogP contribution in [0.4, 0.5) is 5.69 Å². The summed E-state index contributed by atoms with van der Waals surface area (Å²) in [5.41, 5.74) is 7.91. The van der Waals surface area contributed by atoms with Crippen LogP contribution in [0.2, 0.25) is 0 Å². The van der Waals surface area contributed by atoms with Crippen molar-refractivity contribution in [1.82, 2.24) is 5.32 Å². The number of amides is 1. The molecule has 3 N–H and O–H groups in total. The van der Waals surface area contributed by atoms with Gasteiger partial charge in [-0.1, -0.05) is 31.4 Å². The van der Waals surface area contributed by atoms with Gasteiger partial charge >= 0.3 is 0 Å². The molecule has 1 aliphatic rings. The Balaban J connectivity index is 1.91. The van der Waals surface area contributed by atoms with Gasteiger partial charge in [0.1, 0.15) is 0 Å². The second kappa shape index (κ2) is 7.02. The van der Waals surface area contributed by atoms with Gasteiger partial charge in [0.05, 0.1) is 5.25 Å². The number of carbonyl (C=O) groups excluding carboxylic acids is 1. The average molecular weight is 292 g/mol. The third-order valence-electron chi connectivity index (χ3n) is 3.91. The number of anilines is 1. The Morgan fingerprint density at radius 1 is 1.35 bits per heavy atom. The molecule has 1 aliphatic carbocycles. The normalized spacial score (nSPS) is 17.7. The van der Waals surface area contributed by atoms with Crippen LogP contribution in [-0.2, 0) is 4.79 Å². The highest BCUT2D eigenvalue weighted by atomic mass is 32.2. The van der Waals surface area contributed by atoms with Crippen molar-refractivity contribution in [2.75, 3.05) is 5.73 Å². The third-order valence-corrected chi connectivity index (χ3v) is 5.09. The van der Waals surface area contributed by atoms with Crippen LogP contribution >= 0.6 is 11.8 Å². The van der Waals surface area contributed by atoms with E-state index in [9.17, 15) is 4.79 Å². The lowest BCUT2D eigenvalue weighted by Crippen LogP contribution is -2.40. The topological polar surface area (TPSA) is 55.1 Å². The van der Waals surface area contributed by atoms with Crippen molar-refractivity contribution in [3.63, 3.8) is 0 Å². The van der Waals surface area contributed by atoms with Crippen molar-refractivity contribution in [1.29, 1.82) is 0 Å². The smallest absolute Gasteiger partial charge is 0.233 e. The van der Waals surface area contributed by atoms with E-state index in [1.807, 2.05) is 32.0 Å². The Bertz CT molecular complexity index is 470. The zero-order valence-corrected chi connectivity index (χ0v) is 13.1. The highest BCUT2D eigenvalue weighted by molar-refractivity contribution is 8.00. The maximum atomic E-state index is 12.2. The molecule has 0 bridgehead atoms. The fourth-order valence-corrected chi connectivity index (χ4v) is 3.57. The molecule has 1 aromatic carbocycles. The van der Waals surface area contributed by atoms with Crippen molar-refractivity contribution in [3.05, 3.63) is 23.8 Å². The van der Waals surface area contributed by atoms with Gasteiger partial charge in [-0.2, -0.15) is 0 Å². The van der Waals surface area contributed by atoms with Gasteiger partial charge in [-0.25, -0.2) is 0 Å². The summed E-state index contributed by atoms with van der Waals surface area (Å²) in [4.78, 5) is 13.2. The number of nitrogen functional groups attached to an aromatic ring is 1. The quantitative estimate of drug-likeness (QED) is 0.659. The number of nitrogens with one attached hydrogen (secondary N) is 1. The molecule has 0 spiro atoms. The van der Waals surface area contributed by atoms with E-state index < -0.39 is 0 Å². The molecular formula is C16H24N2OS. The molecule has 0 radical (unpaired) electrons. The predicted molar refractivity (Wildman–Crippen MR) is 85.9 cm³/mol. The van der Waals surface area contributed by atoms with E-state index in [0.29, 0.717) is 6.04 Å². The number of nitrogens with two attached hydrogens (primary N) is 1. The van der Waals surface area contributed by atoms with Crippen LogP contribution < -0.4 is 11.1 Å². The van der Waals surface area contributed by atoms with Gasteiger partial charge in [0.2, 0.25) is 5.91 Å². The van der Waals surface area contributed by atoms with Gasteiger partial charge in [0.15, 0.2) is 0 Å². The number of hydrogen-bond donors (Lipinski definition) is 2. The zero-order chi connectivity index (χ0) is 14.5. The molecule has 20 heavy (non-hydrogen) atoms. The second-order valence-corrected chi connectivity index (χ2v) is 6.97. The Labute approximate surface area is 125 Å². The van der Waals surface area contributed by atoms with Crippen molar-refractivity contribution in [2.45, 2.75) is 62.1 Å². The van der Waals surface area contributed by atoms with E-state index in [0.717, 1.165) is 29.0 Å². The lowest BCUT2D eigenvalue weighted by atomic mass is 9.95. The van der Waals surface area contributed by atoms with Gasteiger partial charge in [-0.3, -0.25) is 4.79 Å². The number of carbonyl (C=O) groups is 1. The molecule has 1 saturated carbocycles. The summed E-state index contributed by atoms with van der Waals surface area (Å²) in [6.45, 7) is 3.94. The zero-order valence-electron chi connectivity index (χ0n) is 12.3. The Kier molecular flexibility index (Phi) is 5.35. The number of benzene rings is 1. The Morgan fingerprint density at radius 2 is 2.05 bits per heavy atom. The number of rotatable bonds is 4. The fourth-order valence-electron chi connectivity index (χ4n) is 2.57. The SMILES string of the molecule is Cc1cccc(SC(C)C(=O)NC2CCCCC2)c1N. The summed E-state index contributed by atoms with van der Waals surface area (Å²) in [6.07, 6.45) is 6.01. The van der Waals surface area contributed by atoms with Crippen LogP contribution in [0.3, 0.4) is 0 Å². The number of thioether (sulfide) groups is 1. The third kappa shape index (κ3) is 3.92. The lowest BCUT2D eigenvalue weighted by molar-refractivity contribution is -0.121. The Morgan fingerprint density at radius 3 is 2.75 bits per heavy atom. The first-order chi connectivity index (χ1) is 9.58. The minimum Gasteiger partial charge on any atom is -0.398 e. The molecule has 3 nitrogen and oxygen atoms in total. The first kappa shape index (κ1) is 15.2. The first-order valence-electron chi connectivity index (χ1n) is 7.40. The molecule has 1 atom stereocenters. The monoisotopic (exact) mass is 292 g/mol. The maximum absolute atomic E-state index is 12.2. The standard InChI is InChI=1S/C16H24N2OS/c1-11-7-6-10-14(15(11)17)20-12(2)16(19)18-13-8-4-3-5-9-13/h6-7,10,12-13H,3-5,8-9,17H2,1-2H3,(H,18,19). The van der Waals surface area contributed by atoms with Crippen molar-refractivity contribution >= 4 is 23.4 Å². The molecule has 1 aromatic rings. The molecule has 0 aliphatic heterocycles. The van der Waals surface area contributed by atoms with Crippen LogP contribution in [0.1, 0.15) is 44.6 Å². The molecular weight excluding hydrogens is 268 g/mol. The average Bonchev–Trinajstić information content (AvgIpc) is 2.45. The second-order valence-electron chi connectivity index (χ2n) is 5.59. The first-order valence-corrected chi connectivity index (χ1v) is 8.28. The molecule has 0 heterocycles. The number of para-hydroxylation sites is 1. The van der Waals surface area contributed by atoms with Crippen molar-refractivity contribution < 1.29 is 4.79 Å². The number of hydrogen-bond acceptors (Lipinski definition) is 3. The molecule has 4 heteroatoms. The minimum atomic E-state index is -0.110. The molecule has 110 valence electrons. The van der Waals surface area contributed by atoms with Gasteiger partial charge in [0, 0.05) is 16.6 Å². The highest BCUT2D eigenvalue weighted by Crippen LogP contribution is 2.31. The van der Waals surface area contributed by atoms with Crippen LogP contribution in [-0.4, -0.2) is 17.2 Å². The molecule has 1 fully saturated rings. The van der Waals surface area contributed by atoms with Gasteiger partial charge in [-0.15, -0.1) is 11.8 Å². The highest BCUT2D eigenvalue weighted by Gasteiger charge is 2.20. The van der Waals surface area contributed by atoms with Crippen molar-refractivity contribution in [2.24, 2.45) is 0 Å². The maximum Gasteiger partial charge on any atom is 0.233 e. The van der Waals surface area contributed by atoms with Crippen molar-refractivity contribution in [3.8, 4) is 0 Å². The molecule has 0 saturated heterocycles. The predicted octanol–water partition coefficient (Wildman–Crippen LogP) is 3.51. The van der Waals surface area contributed by atoms with Crippen LogP contribution in [0.25, 0.3) is 0 Å². The van der Waals surface area contributed by atoms with Gasteiger partial charge in [0.25, 0.3) is 0 Å². The minimum absolute atomic E-state index is 0.110. The van der Waals surface area contributed by atoms with E-state index in [4.69, 9.17) is 5.73 Å². The van der Waals surface area contributed by atoms with E-state index in [1.165, 1.54) is 19.3 Å². The lowest BCUT2D eigenvalue weighted by Gasteiger charge is -2.24. The van der Waals surface area contributed by atoms with E-state index in [2.05, 4.69) is 5.32 Å². The molecule has 1 amide bonds. The van der Waals surface area contributed by atoms with Crippen LogP contribution in [0.5, 0.6) is 0 Å². The van der Waals surface area contributed by atoms with Gasteiger partial charge in [-0.05, 0) is 38.3 Å². The van der Waals surface area contributed by atoms with E-state index in [1.54, 1.807) is 11.8 Å². The molecule has 1 unspecified atom stereocenters. The largest absolute Gasteiger partial charge is 0.398 e. The van der Waals surface area contributed by atoms with Gasteiger partial charge < -0.3 is 11.1 Å². The summed E-state index contributed by atoms with van der Waals surface area (Å²) in [7, 11) is 0. The van der Waals surface area contributed by atoms with Crippen LogP contribution in [0, 0.1) is 6.92 Å². The summed E-state index contributed by atoms with van der Waals surface area (Å²) in [5, 5.41) is 3.06. The van der Waals surface area contributed by atoms with E-state index >= 15 is 0 Å². The number of aryl methyl sites for hydroxylation is 1. The summed E-state index contributed by atoms with van der Waals surface area (Å²) >= 11 is 1.54. The van der Waals surface area contributed by atoms with E-state index in [-0.39, 0.29) is 11.2 Å².